The number of anilines is 2. The molecular weight excluding hydrogens is 459 g/mol. The Bertz CT molecular complexity index is 1260. The van der Waals surface area contributed by atoms with Crippen molar-refractivity contribution < 1.29 is 28.3 Å². The number of amides is 2. The average Bonchev–Trinajstić information content (AvgIpc) is 3.10. The van der Waals surface area contributed by atoms with E-state index in [1.165, 1.54) is 48.2 Å². The molecular formula is C25H19FN2O5S. The minimum Gasteiger partial charge on any atom is -0.454 e. The molecule has 0 aliphatic carbocycles. The number of esters is 1. The van der Waals surface area contributed by atoms with E-state index in [2.05, 4.69) is 0 Å². The van der Waals surface area contributed by atoms with E-state index in [9.17, 15) is 23.6 Å². The van der Waals surface area contributed by atoms with Crippen molar-refractivity contribution in [2.75, 3.05) is 17.2 Å². The van der Waals surface area contributed by atoms with Gasteiger partial charge in [0.25, 0.3) is 0 Å². The average molecular weight is 479 g/mol. The summed E-state index contributed by atoms with van der Waals surface area (Å²) in [4.78, 5) is 51.6. The van der Waals surface area contributed by atoms with Crippen molar-refractivity contribution in [3.8, 4) is 0 Å². The highest BCUT2D eigenvalue weighted by molar-refractivity contribution is 8.00. The number of Topliss-reactive ketones (excluding diaryl/α,β-unsaturated/α-hetero) is 1. The van der Waals surface area contributed by atoms with Crippen LogP contribution < -0.4 is 10.6 Å². The molecule has 0 aromatic heterocycles. The van der Waals surface area contributed by atoms with Gasteiger partial charge in [0, 0.05) is 22.6 Å². The van der Waals surface area contributed by atoms with Crippen molar-refractivity contribution in [3.05, 3.63) is 89.7 Å². The first kappa shape index (κ1) is 23.2. The van der Waals surface area contributed by atoms with Gasteiger partial charge in [0.15, 0.2) is 12.4 Å². The number of imide groups is 1. The highest BCUT2D eigenvalue weighted by Gasteiger charge is 2.40. The van der Waals surface area contributed by atoms with Crippen LogP contribution in [0.5, 0.6) is 0 Å². The first-order chi connectivity index (χ1) is 16.3. The molecule has 7 nitrogen and oxygen atoms in total. The van der Waals surface area contributed by atoms with Gasteiger partial charge in [-0.25, -0.2) is 14.1 Å². The first-order valence-corrected chi connectivity index (χ1v) is 11.1. The van der Waals surface area contributed by atoms with Gasteiger partial charge < -0.3 is 10.5 Å². The number of carbonyl (C=O) groups is 4. The molecule has 34 heavy (non-hydrogen) atoms. The molecule has 3 aromatic carbocycles. The fourth-order valence-corrected chi connectivity index (χ4v) is 4.52. The summed E-state index contributed by atoms with van der Waals surface area (Å²) in [5, 5.41) is -0.573. The number of carbonyl (C=O) groups excluding carboxylic acids is 4. The number of halogens is 1. The smallest absolute Gasteiger partial charge is 0.338 e. The van der Waals surface area contributed by atoms with Crippen LogP contribution in [0.4, 0.5) is 15.8 Å². The van der Waals surface area contributed by atoms with Crippen LogP contribution in [0.25, 0.3) is 0 Å². The molecule has 0 bridgehead atoms. The second-order valence-corrected chi connectivity index (χ2v) is 8.78. The Kier molecular flexibility index (Phi) is 6.74. The molecule has 172 valence electrons. The molecule has 0 spiro atoms. The van der Waals surface area contributed by atoms with Gasteiger partial charge in [-0.2, -0.15) is 0 Å². The van der Waals surface area contributed by atoms with E-state index in [4.69, 9.17) is 10.5 Å². The number of rotatable bonds is 7. The summed E-state index contributed by atoms with van der Waals surface area (Å²) >= 11 is 1.27. The van der Waals surface area contributed by atoms with Crippen molar-refractivity contribution in [2.45, 2.75) is 16.6 Å². The van der Waals surface area contributed by atoms with E-state index in [-0.39, 0.29) is 29.4 Å². The molecule has 2 N–H and O–H groups in total. The third-order valence-electron chi connectivity index (χ3n) is 5.10. The Morgan fingerprint density at radius 3 is 2.35 bits per heavy atom. The van der Waals surface area contributed by atoms with Crippen molar-refractivity contribution in [1.82, 2.24) is 0 Å². The van der Waals surface area contributed by atoms with E-state index in [1.807, 2.05) is 6.07 Å². The maximum absolute atomic E-state index is 13.0. The molecule has 1 aliphatic rings. The summed E-state index contributed by atoms with van der Waals surface area (Å²) in [7, 11) is 0. The number of hydrogen-bond donors (Lipinski definition) is 1. The minimum atomic E-state index is -0.740. The highest BCUT2D eigenvalue weighted by atomic mass is 32.2. The molecule has 1 heterocycles. The molecule has 4 rings (SSSR count). The lowest BCUT2D eigenvalue weighted by molar-refractivity contribution is -0.121. The minimum absolute atomic E-state index is 0.0492. The first-order valence-electron chi connectivity index (χ1n) is 10.3. The molecule has 1 saturated heterocycles. The van der Waals surface area contributed by atoms with Crippen LogP contribution in [0, 0.1) is 5.82 Å². The van der Waals surface area contributed by atoms with Gasteiger partial charge in [-0.05, 0) is 66.7 Å². The van der Waals surface area contributed by atoms with Crippen LogP contribution in [-0.2, 0) is 14.3 Å². The fourth-order valence-electron chi connectivity index (χ4n) is 3.40. The summed E-state index contributed by atoms with van der Waals surface area (Å²) in [5.41, 5.74) is 7.06. The highest BCUT2D eigenvalue weighted by Crippen LogP contribution is 2.34. The number of nitrogen functional groups attached to an aromatic ring is 1. The van der Waals surface area contributed by atoms with Crippen LogP contribution in [0.2, 0.25) is 0 Å². The lowest BCUT2D eigenvalue weighted by Gasteiger charge is -2.15. The maximum Gasteiger partial charge on any atom is 0.338 e. The number of benzene rings is 3. The Morgan fingerprint density at radius 1 is 1.00 bits per heavy atom. The zero-order valence-electron chi connectivity index (χ0n) is 17.8. The Morgan fingerprint density at radius 2 is 1.68 bits per heavy atom. The van der Waals surface area contributed by atoms with E-state index in [0.29, 0.717) is 11.4 Å². The number of nitrogens with two attached hydrogens (primary N) is 1. The summed E-state index contributed by atoms with van der Waals surface area (Å²) in [5.74, 6) is -2.37. The molecule has 9 heteroatoms. The van der Waals surface area contributed by atoms with E-state index in [1.54, 1.807) is 18.2 Å². The van der Waals surface area contributed by atoms with Crippen molar-refractivity contribution >= 4 is 46.7 Å². The van der Waals surface area contributed by atoms with E-state index in [0.717, 1.165) is 21.9 Å². The molecule has 1 atom stereocenters. The van der Waals surface area contributed by atoms with Crippen molar-refractivity contribution in [2.24, 2.45) is 0 Å². The molecule has 1 unspecified atom stereocenters. The predicted molar refractivity (Wildman–Crippen MR) is 125 cm³/mol. The predicted octanol–water partition coefficient (Wildman–Crippen LogP) is 3.87. The molecule has 1 fully saturated rings. The SMILES string of the molecule is Nc1cccc(SC2CC(=O)N(c3ccc(C(=O)OCC(=O)c4ccc(F)cc4)cc3)C2=O)c1. The molecule has 0 saturated carbocycles. The number of thioether (sulfide) groups is 1. The third kappa shape index (κ3) is 5.15. The summed E-state index contributed by atoms with van der Waals surface area (Å²) < 4.78 is 18.0. The normalized spacial score (nSPS) is 15.4. The fraction of sp³-hybridized carbons (Fsp3) is 0.120. The summed E-state index contributed by atoms with van der Waals surface area (Å²) in [6, 6.07) is 17.8. The second-order valence-electron chi connectivity index (χ2n) is 7.50. The molecule has 1 aliphatic heterocycles. The standard InChI is InChI=1S/C25H19FN2O5S/c26-17-8-4-15(5-9-17)21(29)14-33-25(32)16-6-10-19(11-7-16)28-23(30)13-22(24(28)31)34-20-3-1-2-18(27)12-20/h1-12,22H,13-14,27H2. The van der Waals surface area contributed by atoms with Gasteiger partial charge in [0.2, 0.25) is 11.8 Å². The number of ether oxygens (including phenoxy) is 1. The van der Waals surface area contributed by atoms with Gasteiger partial charge in [0.05, 0.1) is 16.5 Å². The van der Waals surface area contributed by atoms with Gasteiger partial charge >= 0.3 is 5.97 Å². The largest absolute Gasteiger partial charge is 0.454 e. The quantitative estimate of drug-likeness (QED) is 0.238. The molecule has 3 aromatic rings. The van der Waals surface area contributed by atoms with Crippen molar-refractivity contribution in [1.29, 1.82) is 0 Å². The molecule has 0 radical (unpaired) electrons. The van der Waals surface area contributed by atoms with E-state index < -0.39 is 29.4 Å². The lowest BCUT2D eigenvalue weighted by atomic mass is 10.1. The number of ketones is 1. The Hall–Kier alpha value is -3.98. The lowest BCUT2D eigenvalue weighted by Crippen LogP contribution is -2.31. The third-order valence-corrected chi connectivity index (χ3v) is 6.28. The van der Waals surface area contributed by atoms with Crippen molar-refractivity contribution in [3.63, 3.8) is 0 Å². The van der Waals surface area contributed by atoms with Gasteiger partial charge in [-0.3, -0.25) is 14.4 Å². The maximum atomic E-state index is 13.0. The van der Waals surface area contributed by atoms with Gasteiger partial charge in [-0.1, -0.05) is 6.07 Å². The Balaban J connectivity index is 1.38. The number of nitrogens with zero attached hydrogens (tertiary/aromatic N) is 1. The summed E-state index contributed by atoms with van der Waals surface area (Å²) in [6.07, 6.45) is 0.0492. The summed E-state index contributed by atoms with van der Waals surface area (Å²) in [6.45, 7) is -0.502. The zero-order valence-corrected chi connectivity index (χ0v) is 18.6. The second kappa shape index (κ2) is 9.88. The molecule has 2 amide bonds. The zero-order chi connectivity index (χ0) is 24.2. The van der Waals surface area contributed by atoms with Crippen LogP contribution in [0.3, 0.4) is 0 Å². The number of hydrogen-bond acceptors (Lipinski definition) is 7. The topological polar surface area (TPSA) is 107 Å². The van der Waals surface area contributed by atoms with Crippen LogP contribution in [-0.4, -0.2) is 35.4 Å². The van der Waals surface area contributed by atoms with Crippen LogP contribution in [0.1, 0.15) is 27.1 Å². The Labute approximate surface area is 198 Å². The van der Waals surface area contributed by atoms with Crippen LogP contribution in [0.15, 0.2) is 77.7 Å². The van der Waals surface area contributed by atoms with E-state index >= 15 is 0 Å². The monoisotopic (exact) mass is 478 g/mol. The van der Waals surface area contributed by atoms with Crippen LogP contribution >= 0.6 is 11.8 Å². The van der Waals surface area contributed by atoms with Gasteiger partial charge in [0.1, 0.15) is 5.82 Å². The van der Waals surface area contributed by atoms with Gasteiger partial charge in [-0.15, -0.1) is 11.8 Å².